The average molecular weight is 248 g/mol. The van der Waals surface area contributed by atoms with Gasteiger partial charge in [0.15, 0.2) is 0 Å². The zero-order chi connectivity index (χ0) is 13.0. The fourth-order valence-electron chi connectivity index (χ4n) is 2.32. The van der Waals surface area contributed by atoms with Crippen LogP contribution in [-0.2, 0) is 16.1 Å². The predicted octanol–water partition coefficient (Wildman–Crippen LogP) is 0.976. The van der Waals surface area contributed by atoms with Gasteiger partial charge in [0, 0.05) is 26.2 Å². The first-order valence-corrected chi connectivity index (χ1v) is 6.25. The summed E-state index contributed by atoms with van der Waals surface area (Å²) in [4.78, 5) is 16.2. The van der Waals surface area contributed by atoms with Crippen molar-refractivity contribution in [2.24, 2.45) is 0 Å². The Morgan fingerprint density at radius 3 is 2.72 bits per heavy atom. The smallest absolute Gasteiger partial charge is 0.324 e. The van der Waals surface area contributed by atoms with E-state index in [-0.39, 0.29) is 12.0 Å². The molecule has 0 aromatic heterocycles. The first-order valence-electron chi connectivity index (χ1n) is 6.25. The summed E-state index contributed by atoms with van der Waals surface area (Å²) in [5.41, 5.74) is 1.23. The molecule has 2 rings (SSSR count). The molecule has 1 aliphatic heterocycles. The van der Waals surface area contributed by atoms with Gasteiger partial charge in [0.05, 0.1) is 7.11 Å². The van der Waals surface area contributed by atoms with Crippen LogP contribution in [0.4, 0.5) is 0 Å². The van der Waals surface area contributed by atoms with Gasteiger partial charge in [-0.3, -0.25) is 9.69 Å². The van der Waals surface area contributed by atoms with E-state index in [1.165, 1.54) is 12.7 Å². The van der Waals surface area contributed by atoms with Crippen LogP contribution in [0.5, 0.6) is 0 Å². The van der Waals surface area contributed by atoms with E-state index < -0.39 is 0 Å². The van der Waals surface area contributed by atoms with Crippen molar-refractivity contribution in [2.75, 3.05) is 33.8 Å². The molecule has 0 N–H and O–H groups in total. The number of hydrogen-bond acceptors (Lipinski definition) is 4. The van der Waals surface area contributed by atoms with Crippen LogP contribution in [0.3, 0.4) is 0 Å². The molecule has 1 aromatic rings. The van der Waals surface area contributed by atoms with Gasteiger partial charge in [0.2, 0.25) is 0 Å². The molecule has 0 aliphatic carbocycles. The molecule has 0 amide bonds. The maximum absolute atomic E-state index is 11.8. The molecule has 1 atom stereocenters. The van der Waals surface area contributed by atoms with Crippen molar-refractivity contribution in [3.63, 3.8) is 0 Å². The van der Waals surface area contributed by atoms with Crippen LogP contribution >= 0.6 is 0 Å². The van der Waals surface area contributed by atoms with E-state index in [0.29, 0.717) is 0 Å². The highest BCUT2D eigenvalue weighted by molar-refractivity contribution is 5.76. The SMILES string of the molecule is COC(=O)C1CN(C)CCN1Cc1ccccc1. The van der Waals surface area contributed by atoms with E-state index in [9.17, 15) is 4.79 Å². The quantitative estimate of drug-likeness (QED) is 0.746. The Hall–Kier alpha value is -1.39. The molecule has 0 spiro atoms. The Kier molecular flexibility index (Phi) is 4.33. The minimum absolute atomic E-state index is 0.141. The maximum atomic E-state index is 11.8. The molecule has 4 heteroatoms. The van der Waals surface area contributed by atoms with E-state index in [4.69, 9.17) is 4.74 Å². The molecule has 1 unspecified atom stereocenters. The van der Waals surface area contributed by atoms with Crippen molar-refractivity contribution in [1.29, 1.82) is 0 Å². The third kappa shape index (κ3) is 3.09. The van der Waals surface area contributed by atoms with E-state index >= 15 is 0 Å². The Bertz CT molecular complexity index is 394. The largest absolute Gasteiger partial charge is 0.468 e. The van der Waals surface area contributed by atoms with E-state index in [1.54, 1.807) is 0 Å². The monoisotopic (exact) mass is 248 g/mol. The van der Waals surface area contributed by atoms with Gasteiger partial charge in [-0.15, -0.1) is 0 Å². The van der Waals surface area contributed by atoms with Gasteiger partial charge in [0.25, 0.3) is 0 Å². The number of likely N-dealkylation sites (N-methyl/N-ethyl adjacent to an activating group) is 1. The van der Waals surface area contributed by atoms with Crippen LogP contribution in [0.1, 0.15) is 5.56 Å². The molecule has 1 fully saturated rings. The Morgan fingerprint density at radius 2 is 2.06 bits per heavy atom. The van der Waals surface area contributed by atoms with Gasteiger partial charge < -0.3 is 9.64 Å². The van der Waals surface area contributed by atoms with Crippen molar-refractivity contribution in [3.05, 3.63) is 35.9 Å². The number of methoxy groups -OCH3 is 1. The van der Waals surface area contributed by atoms with E-state index in [0.717, 1.165) is 26.2 Å². The van der Waals surface area contributed by atoms with Crippen LogP contribution < -0.4 is 0 Å². The second-order valence-electron chi connectivity index (χ2n) is 4.76. The van der Waals surface area contributed by atoms with Gasteiger partial charge in [-0.1, -0.05) is 30.3 Å². The van der Waals surface area contributed by atoms with Crippen molar-refractivity contribution < 1.29 is 9.53 Å². The van der Waals surface area contributed by atoms with Crippen LogP contribution in [0, 0.1) is 0 Å². The third-order valence-corrected chi connectivity index (χ3v) is 3.40. The fourth-order valence-corrected chi connectivity index (χ4v) is 2.32. The van der Waals surface area contributed by atoms with Gasteiger partial charge in [0.1, 0.15) is 6.04 Å². The van der Waals surface area contributed by atoms with Crippen molar-refractivity contribution in [2.45, 2.75) is 12.6 Å². The summed E-state index contributed by atoms with van der Waals surface area (Å²) in [6.45, 7) is 3.42. The molecular weight excluding hydrogens is 228 g/mol. The Balaban J connectivity index is 2.07. The number of ether oxygens (including phenoxy) is 1. The molecule has 1 heterocycles. The third-order valence-electron chi connectivity index (χ3n) is 3.40. The molecule has 0 bridgehead atoms. The van der Waals surface area contributed by atoms with Crippen LogP contribution in [0.25, 0.3) is 0 Å². The number of esters is 1. The van der Waals surface area contributed by atoms with Crippen molar-refractivity contribution in [1.82, 2.24) is 9.80 Å². The molecule has 1 aromatic carbocycles. The summed E-state index contributed by atoms with van der Waals surface area (Å²) >= 11 is 0. The highest BCUT2D eigenvalue weighted by Gasteiger charge is 2.31. The van der Waals surface area contributed by atoms with Gasteiger partial charge in [-0.05, 0) is 12.6 Å². The van der Waals surface area contributed by atoms with Crippen molar-refractivity contribution >= 4 is 5.97 Å². The lowest BCUT2D eigenvalue weighted by atomic mass is 10.1. The first-order chi connectivity index (χ1) is 8.70. The Labute approximate surface area is 108 Å². The normalized spacial score (nSPS) is 21.8. The minimum atomic E-state index is -0.158. The molecular formula is C14H20N2O2. The molecule has 0 saturated carbocycles. The van der Waals surface area contributed by atoms with Gasteiger partial charge in [-0.25, -0.2) is 0 Å². The number of rotatable bonds is 3. The summed E-state index contributed by atoms with van der Waals surface area (Å²) < 4.78 is 4.90. The summed E-state index contributed by atoms with van der Waals surface area (Å²) in [6, 6.07) is 10.1. The molecule has 18 heavy (non-hydrogen) atoms. The summed E-state index contributed by atoms with van der Waals surface area (Å²) in [6.07, 6.45) is 0. The molecule has 4 nitrogen and oxygen atoms in total. The number of nitrogens with zero attached hydrogens (tertiary/aromatic N) is 2. The highest BCUT2D eigenvalue weighted by Crippen LogP contribution is 2.14. The molecule has 98 valence electrons. The zero-order valence-electron chi connectivity index (χ0n) is 11.0. The average Bonchev–Trinajstić information content (AvgIpc) is 2.41. The summed E-state index contributed by atoms with van der Waals surface area (Å²) in [5.74, 6) is -0.141. The topological polar surface area (TPSA) is 32.8 Å². The molecule has 1 aliphatic rings. The number of piperazine rings is 1. The van der Waals surface area contributed by atoms with Crippen LogP contribution in [0.2, 0.25) is 0 Å². The lowest BCUT2D eigenvalue weighted by Gasteiger charge is -2.38. The predicted molar refractivity (Wildman–Crippen MR) is 70.2 cm³/mol. The van der Waals surface area contributed by atoms with Gasteiger partial charge >= 0.3 is 5.97 Å². The van der Waals surface area contributed by atoms with Gasteiger partial charge in [-0.2, -0.15) is 0 Å². The number of carbonyl (C=O) groups is 1. The first kappa shape index (κ1) is 13.1. The van der Waals surface area contributed by atoms with E-state index in [1.807, 2.05) is 25.2 Å². The maximum Gasteiger partial charge on any atom is 0.324 e. The Morgan fingerprint density at radius 1 is 1.33 bits per heavy atom. The summed E-state index contributed by atoms with van der Waals surface area (Å²) in [5, 5.41) is 0. The molecule has 0 radical (unpaired) electrons. The lowest BCUT2D eigenvalue weighted by molar-refractivity contribution is -0.149. The number of hydrogen-bond donors (Lipinski definition) is 0. The second-order valence-corrected chi connectivity index (χ2v) is 4.76. The second kappa shape index (κ2) is 5.98. The number of benzene rings is 1. The lowest BCUT2D eigenvalue weighted by Crippen LogP contribution is -2.55. The zero-order valence-corrected chi connectivity index (χ0v) is 11.0. The number of carbonyl (C=O) groups excluding carboxylic acids is 1. The fraction of sp³-hybridized carbons (Fsp3) is 0.500. The highest BCUT2D eigenvalue weighted by atomic mass is 16.5. The van der Waals surface area contributed by atoms with Crippen LogP contribution in [0.15, 0.2) is 30.3 Å². The molecule has 1 saturated heterocycles. The van der Waals surface area contributed by atoms with Crippen molar-refractivity contribution in [3.8, 4) is 0 Å². The standard InChI is InChI=1S/C14H20N2O2/c1-15-8-9-16(13(11-15)14(17)18-2)10-12-6-4-3-5-7-12/h3-7,13H,8-11H2,1-2H3. The van der Waals surface area contributed by atoms with E-state index in [2.05, 4.69) is 21.9 Å². The minimum Gasteiger partial charge on any atom is -0.468 e. The van der Waals surface area contributed by atoms with Crippen LogP contribution in [-0.4, -0.2) is 55.6 Å². The summed E-state index contributed by atoms with van der Waals surface area (Å²) in [7, 11) is 3.49.